The van der Waals surface area contributed by atoms with Crippen molar-refractivity contribution in [2.75, 3.05) is 7.11 Å². The summed E-state index contributed by atoms with van der Waals surface area (Å²) in [6.07, 6.45) is 4.24. The quantitative estimate of drug-likeness (QED) is 0.572. The molecule has 0 saturated carbocycles. The molecular weight excluding hydrogens is 292 g/mol. The highest BCUT2D eigenvalue weighted by molar-refractivity contribution is 8.00. The summed E-state index contributed by atoms with van der Waals surface area (Å²) in [4.78, 5) is 11.8. The third-order valence-corrected chi connectivity index (χ3v) is 4.10. The van der Waals surface area contributed by atoms with Gasteiger partial charge in [0.25, 0.3) is 11.1 Å². The van der Waals surface area contributed by atoms with E-state index in [1.165, 1.54) is 18.9 Å². The van der Waals surface area contributed by atoms with Crippen LogP contribution in [0, 0.1) is 6.92 Å². The van der Waals surface area contributed by atoms with E-state index in [0.717, 1.165) is 24.8 Å². The minimum Gasteiger partial charge on any atom is -0.469 e. The number of aryl methyl sites for hydroxylation is 1. The summed E-state index contributed by atoms with van der Waals surface area (Å²) in [5, 5.41) is 8.00. The molecule has 0 fully saturated rings. The van der Waals surface area contributed by atoms with Crippen LogP contribution in [0.15, 0.2) is 26.4 Å². The maximum atomic E-state index is 11.8. The molecule has 0 N–H and O–H groups in total. The second-order valence-electron chi connectivity index (χ2n) is 4.54. The average molecular weight is 310 g/mol. The number of nitrogens with zero attached hydrogens (tertiary/aromatic N) is 2. The molecule has 21 heavy (non-hydrogen) atoms. The predicted octanol–water partition coefficient (Wildman–Crippen LogP) is 3.46. The van der Waals surface area contributed by atoms with Gasteiger partial charge in [-0.3, -0.25) is 4.79 Å². The predicted molar refractivity (Wildman–Crippen MR) is 77.9 cm³/mol. The van der Waals surface area contributed by atoms with Gasteiger partial charge >= 0.3 is 5.97 Å². The highest BCUT2D eigenvalue weighted by Crippen LogP contribution is 2.30. The molecule has 0 aliphatic heterocycles. The van der Waals surface area contributed by atoms with Gasteiger partial charge in [-0.05, 0) is 19.4 Å². The Morgan fingerprint density at radius 2 is 2.29 bits per heavy atom. The molecule has 0 bridgehead atoms. The number of unbranched alkanes of at least 4 members (excludes halogenated alkanes) is 1. The molecular formula is C14H18N2O4S. The van der Waals surface area contributed by atoms with Gasteiger partial charge in [-0.15, -0.1) is 10.2 Å². The fourth-order valence-electron chi connectivity index (χ4n) is 1.84. The van der Waals surface area contributed by atoms with Crippen LogP contribution in [0.25, 0.3) is 11.5 Å². The Hall–Kier alpha value is -1.76. The summed E-state index contributed by atoms with van der Waals surface area (Å²) in [5.41, 5.74) is 0.762. The lowest BCUT2D eigenvalue weighted by atomic mass is 10.2. The number of aromatic nitrogens is 2. The molecule has 114 valence electrons. The van der Waals surface area contributed by atoms with Gasteiger partial charge in [0, 0.05) is 0 Å². The molecule has 0 saturated heterocycles. The minimum atomic E-state index is -0.325. The highest BCUT2D eigenvalue weighted by Gasteiger charge is 2.23. The summed E-state index contributed by atoms with van der Waals surface area (Å²) in [6, 6.07) is 1.77. The van der Waals surface area contributed by atoms with Crippen LogP contribution in [0.2, 0.25) is 0 Å². The molecule has 2 rings (SSSR count). The van der Waals surface area contributed by atoms with Gasteiger partial charge in [-0.1, -0.05) is 31.5 Å². The van der Waals surface area contributed by atoms with Crippen molar-refractivity contribution in [3.8, 4) is 11.5 Å². The number of carbonyl (C=O) groups is 1. The molecule has 0 aliphatic rings. The van der Waals surface area contributed by atoms with Crippen LogP contribution in [-0.2, 0) is 9.53 Å². The Morgan fingerprint density at radius 1 is 1.48 bits per heavy atom. The topological polar surface area (TPSA) is 78.4 Å². The zero-order valence-electron chi connectivity index (χ0n) is 12.3. The van der Waals surface area contributed by atoms with Crippen molar-refractivity contribution < 1.29 is 18.4 Å². The van der Waals surface area contributed by atoms with E-state index >= 15 is 0 Å². The largest absolute Gasteiger partial charge is 0.469 e. The van der Waals surface area contributed by atoms with Gasteiger partial charge in [-0.25, -0.2) is 0 Å². The van der Waals surface area contributed by atoms with Crippen LogP contribution in [0.4, 0.5) is 0 Å². The van der Waals surface area contributed by atoms with Crippen LogP contribution in [-0.4, -0.2) is 28.5 Å². The van der Waals surface area contributed by atoms with Crippen LogP contribution >= 0.6 is 11.8 Å². The Bertz CT molecular complexity index is 593. The number of rotatable bonds is 7. The molecule has 2 aromatic heterocycles. The summed E-state index contributed by atoms with van der Waals surface area (Å²) in [7, 11) is 1.38. The Kier molecular flexibility index (Phi) is 5.44. The zero-order chi connectivity index (χ0) is 15.2. The third kappa shape index (κ3) is 3.87. The standard InChI is InChI=1S/C14H18N2O4S/c1-4-5-6-11(13(17)18-3)21-14-16-15-12(20-14)10-7-8-19-9(10)2/h7-8,11H,4-6H2,1-3H3. The number of esters is 1. The second-order valence-corrected chi connectivity index (χ2v) is 5.69. The molecule has 7 heteroatoms. The van der Waals surface area contributed by atoms with Crippen molar-refractivity contribution in [2.45, 2.75) is 43.6 Å². The van der Waals surface area contributed by atoms with E-state index in [1.807, 2.05) is 6.92 Å². The van der Waals surface area contributed by atoms with E-state index in [-0.39, 0.29) is 11.2 Å². The average Bonchev–Trinajstić information content (AvgIpc) is 3.11. The first-order valence-electron chi connectivity index (χ1n) is 6.78. The number of carbonyl (C=O) groups excluding carboxylic acids is 1. The molecule has 1 atom stereocenters. The molecule has 0 spiro atoms. The van der Waals surface area contributed by atoms with Crippen LogP contribution in [0.1, 0.15) is 31.9 Å². The van der Waals surface area contributed by atoms with Gasteiger partial charge in [-0.2, -0.15) is 0 Å². The maximum absolute atomic E-state index is 11.8. The Morgan fingerprint density at radius 3 is 2.90 bits per heavy atom. The van der Waals surface area contributed by atoms with E-state index in [1.54, 1.807) is 12.3 Å². The number of hydrogen-bond donors (Lipinski definition) is 0. The van der Waals surface area contributed by atoms with E-state index in [2.05, 4.69) is 17.1 Å². The molecule has 2 heterocycles. The number of methoxy groups -OCH3 is 1. The van der Waals surface area contributed by atoms with Gasteiger partial charge in [0.05, 0.1) is 18.9 Å². The number of ether oxygens (including phenoxy) is 1. The maximum Gasteiger partial charge on any atom is 0.319 e. The van der Waals surface area contributed by atoms with E-state index in [9.17, 15) is 4.79 Å². The number of furan rings is 1. The minimum absolute atomic E-state index is 0.271. The lowest BCUT2D eigenvalue weighted by Gasteiger charge is -2.10. The Labute approximate surface area is 127 Å². The van der Waals surface area contributed by atoms with Gasteiger partial charge in [0.2, 0.25) is 0 Å². The summed E-state index contributed by atoms with van der Waals surface area (Å²) in [6.45, 7) is 3.90. The smallest absolute Gasteiger partial charge is 0.319 e. The first-order valence-corrected chi connectivity index (χ1v) is 7.66. The molecule has 1 unspecified atom stereocenters. The van der Waals surface area contributed by atoms with Crippen molar-refractivity contribution >= 4 is 17.7 Å². The van der Waals surface area contributed by atoms with Crippen LogP contribution in [0.5, 0.6) is 0 Å². The first kappa shape index (κ1) is 15.6. The van der Waals surface area contributed by atoms with Gasteiger partial charge in [0.15, 0.2) is 0 Å². The summed E-state index contributed by atoms with van der Waals surface area (Å²) >= 11 is 1.24. The van der Waals surface area contributed by atoms with Crippen molar-refractivity contribution in [1.29, 1.82) is 0 Å². The van der Waals surface area contributed by atoms with Crippen molar-refractivity contribution in [1.82, 2.24) is 10.2 Å². The molecule has 0 aromatic carbocycles. The van der Waals surface area contributed by atoms with Gasteiger partial charge in [0.1, 0.15) is 11.0 Å². The van der Waals surface area contributed by atoms with Crippen LogP contribution < -0.4 is 0 Å². The zero-order valence-corrected chi connectivity index (χ0v) is 13.1. The monoisotopic (exact) mass is 310 g/mol. The van der Waals surface area contributed by atoms with Crippen LogP contribution in [0.3, 0.4) is 0 Å². The van der Waals surface area contributed by atoms with Crippen molar-refractivity contribution in [3.63, 3.8) is 0 Å². The molecule has 2 aromatic rings. The SMILES string of the molecule is CCCCC(Sc1nnc(-c2ccoc2C)o1)C(=O)OC. The number of thioether (sulfide) groups is 1. The molecule has 0 radical (unpaired) electrons. The summed E-state index contributed by atoms with van der Waals surface area (Å²) in [5.74, 6) is 0.834. The van der Waals surface area contributed by atoms with Crippen molar-refractivity contribution in [3.05, 3.63) is 18.1 Å². The lowest BCUT2D eigenvalue weighted by molar-refractivity contribution is -0.140. The molecule has 0 amide bonds. The normalized spacial score (nSPS) is 12.3. The molecule has 6 nitrogen and oxygen atoms in total. The van der Waals surface area contributed by atoms with E-state index in [0.29, 0.717) is 16.9 Å². The van der Waals surface area contributed by atoms with Gasteiger partial charge < -0.3 is 13.6 Å². The van der Waals surface area contributed by atoms with Crippen molar-refractivity contribution in [2.24, 2.45) is 0 Å². The van der Waals surface area contributed by atoms with E-state index in [4.69, 9.17) is 13.6 Å². The molecule has 0 aliphatic carbocycles. The Balaban J connectivity index is 2.09. The number of hydrogen-bond acceptors (Lipinski definition) is 7. The van der Waals surface area contributed by atoms with E-state index < -0.39 is 0 Å². The fourth-order valence-corrected chi connectivity index (χ4v) is 2.78. The fraction of sp³-hybridized carbons (Fsp3) is 0.500. The lowest BCUT2D eigenvalue weighted by Crippen LogP contribution is -2.18. The highest BCUT2D eigenvalue weighted by atomic mass is 32.2. The first-order chi connectivity index (χ1) is 10.2. The summed E-state index contributed by atoms with van der Waals surface area (Å²) < 4.78 is 15.6. The third-order valence-electron chi connectivity index (χ3n) is 3.02. The second kappa shape index (κ2) is 7.31.